The lowest BCUT2D eigenvalue weighted by molar-refractivity contribution is -0.140. The summed E-state index contributed by atoms with van der Waals surface area (Å²) < 4.78 is 4.60. The van der Waals surface area contributed by atoms with Crippen LogP contribution in [0.1, 0.15) is 64.7 Å². The van der Waals surface area contributed by atoms with Gasteiger partial charge in [-0.15, -0.1) is 0 Å². The Morgan fingerprint density at radius 2 is 1.96 bits per heavy atom. The monoisotopic (exact) mass is 340 g/mol. The first-order valence-electron chi connectivity index (χ1n) is 9.13. The molecule has 0 heterocycles. The number of Topliss-reactive ketones (excluding diaryl/α,β-unsaturated/α-hetero) is 1. The van der Waals surface area contributed by atoms with Gasteiger partial charge >= 0.3 is 5.97 Å². The minimum Gasteiger partial charge on any atom is -0.469 e. The number of aliphatic hydroxyl groups is 2. The van der Waals surface area contributed by atoms with E-state index in [4.69, 9.17) is 0 Å². The fourth-order valence-electron chi connectivity index (χ4n) is 3.25. The third-order valence-electron chi connectivity index (χ3n) is 4.83. The molecule has 0 amide bonds. The molecule has 0 spiro atoms. The smallest absolute Gasteiger partial charge is 0.305 e. The number of unbranched alkanes of at least 4 members (excludes halogenated alkanes) is 4. The zero-order valence-corrected chi connectivity index (χ0v) is 14.9. The molecule has 5 nitrogen and oxygen atoms in total. The number of esters is 1. The molecule has 1 aliphatic carbocycles. The van der Waals surface area contributed by atoms with Crippen LogP contribution in [0.15, 0.2) is 12.2 Å². The molecule has 1 saturated carbocycles. The van der Waals surface area contributed by atoms with Gasteiger partial charge in [-0.25, -0.2) is 0 Å². The van der Waals surface area contributed by atoms with Gasteiger partial charge in [-0.1, -0.05) is 44.8 Å². The van der Waals surface area contributed by atoms with Crippen LogP contribution in [0, 0.1) is 11.8 Å². The van der Waals surface area contributed by atoms with Crippen molar-refractivity contribution in [3.05, 3.63) is 12.2 Å². The first-order chi connectivity index (χ1) is 11.5. The van der Waals surface area contributed by atoms with Gasteiger partial charge in [0.2, 0.25) is 0 Å². The van der Waals surface area contributed by atoms with Crippen molar-refractivity contribution in [1.29, 1.82) is 0 Å². The van der Waals surface area contributed by atoms with Gasteiger partial charge in [-0.2, -0.15) is 0 Å². The van der Waals surface area contributed by atoms with Gasteiger partial charge in [0.05, 0.1) is 19.3 Å². The summed E-state index contributed by atoms with van der Waals surface area (Å²) in [5, 5.41) is 19.7. The molecule has 1 fully saturated rings. The van der Waals surface area contributed by atoms with E-state index in [1.54, 1.807) is 6.08 Å². The van der Waals surface area contributed by atoms with E-state index < -0.39 is 12.2 Å². The predicted octanol–water partition coefficient (Wildman–Crippen LogP) is 2.78. The number of aliphatic hydroxyl groups excluding tert-OH is 2. The summed E-state index contributed by atoms with van der Waals surface area (Å²) >= 11 is 0. The highest BCUT2D eigenvalue weighted by Crippen LogP contribution is 2.34. The Bertz CT molecular complexity index is 418. The Balaban J connectivity index is 2.29. The highest BCUT2D eigenvalue weighted by molar-refractivity contribution is 5.84. The minimum absolute atomic E-state index is 0.129. The van der Waals surface area contributed by atoms with Gasteiger partial charge in [0.1, 0.15) is 5.78 Å². The van der Waals surface area contributed by atoms with Crippen LogP contribution in [0.5, 0.6) is 0 Å². The molecule has 1 aliphatic rings. The molecule has 0 unspecified atom stereocenters. The third kappa shape index (κ3) is 7.14. The molecule has 2 N–H and O–H groups in total. The molecule has 5 heteroatoms. The lowest BCUT2D eigenvalue weighted by atomic mass is 9.88. The Hall–Kier alpha value is -1.20. The van der Waals surface area contributed by atoms with Crippen LogP contribution in [0.2, 0.25) is 0 Å². The zero-order valence-electron chi connectivity index (χ0n) is 14.9. The second-order valence-corrected chi connectivity index (χ2v) is 6.66. The number of carbonyl (C=O) groups excluding carboxylic acids is 2. The fourth-order valence-corrected chi connectivity index (χ4v) is 3.25. The van der Waals surface area contributed by atoms with Crippen LogP contribution < -0.4 is 0 Å². The molecule has 0 saturated heterocycles. The maximum atomic E-state index is 12.1. The lowest BCUT2D eigenvalue weighted by Crippen LogP contribution is -2.19. The summed E-state index contributed by atoms with van der Waals surface area (Å²) in [4.78, 5) is 23.1. The number of ketones is 1. The molecule has 0 aromatic heterocycles. The molecule has 0 aliphatic heterocycles. The van der Waals surface area contributed by atoms with Gasteiger partial charge in [0, 0.05) is 24.7 Å². The van der Waals surface area contributed by atoms with E-state index in [0.29, 0.717) is 12.8 Å². The largest absolute Gasteiger partial charge is 0.469 e. The van der Waals surface area contributed by atoms with Crippen LogP contribution in [0.25, 0.3) is 0 Å². The molecule has 138 valence electrons. The Labute approximate surface area is 145 Å². The van der Waals surface area contributed by atoms with Crippen molar-refractivity contribution in [2.24, 2.45) is 11.8 Å². The van der Waals surface area contributed by atoms with Crippen molar-refractivity contribution >= 4 is 11.8 Å². The molecule has 0 aromatic carbocycles. The van der Waals surface area contributed by atoms with Gasteiger partial charge in [-0.05, 0) is 19.3 Å². The van der Waals surface area contributed by atoms with Gasteiger partial charge in [-0.3, -0.25) is 9.59 Å². The van der Waals surface area contributed by atoms with E-state index in [9.17, 15) is 19.8 Å². The second kappa shape index (κ2) is 11.4. The lowest BCUT2D eigenvalue weighted by Gasteiger charge is -2.17. The van der Waals surface area contributed by atoms with Crippen LogP contribution in [-0.4, -0.2) is 41.3 Å². The minimum atomic E-state index is -0.622. The van der Waals surface area contributed by atoms with E-state index in [1.807, 2.05) is 13.0 Å². The summed E-state index contributed by atoms with van der Waals surface area (Å²) in [6, 6.07) is 0. The van der Waals surface area contributed by atoms with E-state index in [1.165, 1.54) is 7.11 Å². The molecule has 0 radical (unpaired) electrons. The Morgan fingerprint density at radius 1 is 1.29 bits per heavy atom. The van der Waals surface area contributed by atoms with E-state index in [0.717, 1.165) is 38.5 Å². The second-order valence-electron chi connectivity index (χ2n) is 6.66. The molecule has 0 bridgehead atoms. The highest BCUT2D eigenvalue weighted by Gasteiger charge is 2.39. The molecule has 1 rings (SSSR count). The summed E-state index contributed by atoms with van der Waals surface area (Å²) in [5.74, 6) is -0.327. The Kier molecular flexibility index (Phi) is 9.88. The van der Waals surface area contributed by atoms with Crippen LogP contribution >= 0.6 is 0 Å². The summed E-state index contributed by atoms with van der Waals surface area (Å²) in [7, 11) is 1.40. The van der Waals surface area contributed by atoms with Crippen molar-refractivity contribution < 1.29 is 24.5 Å². The first kappa shape index (κ1) is 20.8. The number of rotatable bonds is 11. The van der Waals surface area contributed by atoms with Crippen molar-refractivity contribution in [3.63, 3.8) is 0 Å². The first-order valence-corrected chi connectivity index (χ1v) is 9.13. The summed E-state index contributed by atoms with van der Waals surface area (Å²) in [6.45, 7) is 1.89. The number of hydrogen-bond donors (Lipinski definition) is 2. The van der Waals surface area contributed by atoms with E-state index in [2.05, 4.69) is 4.74 Å². The standard InChI is InChI=1S/C19H32O5/c1-3-14(20)11-12-16-15(17(21)13-18(16)22)9-7-5-4-6-8-10-19(23)24-2/h11-12,14-16,18,20,22H,3-10,13H2,1-2H3/b12-11+/t14-,15+,16-,18-/m1/s1. The molecule has 0 aromatic rings. The van der Waals surface area contributed by atoms with Crippen molar-refractivity contribution in [3.8, 4) is 0 Å². The van der Waals surface area contributed by atoms with Crippen molar-refractivity contribution in [1.82, 2.24) is 0 Å². The quantitative estimate of drug-likeness (QED) is 0.343. The summed E-state index contributed by atoms with van der Waals surface area (Å²) in [5.41, 5.74) is 0. The summed E-state index contributed by atoms with van der Waals surface area (Å²) in [6.07, 6.45) is 9.33. The molecule has 4 atom stereocenters. The topological polar surface area (TPSA) is 83.8 Å². The number of carbonyl (C=O) groups is 2. The normalized spacial score (nSPS) is 25.3. The Morgan fingerprint density at radius 3 is 2.62 bits per heavy atom. The van der Waals surface area contributed by atoms with E-state index in [-0.39, 0.29) is 30.0 Å². The number of methoxy groups -OCH3 is 1. The predicted molar refractivity (Wildman–Crippen MR) is 92.4 cm³/mol. The van der Waals surface area contributed by atoms with Crippen LogP contribution in [0.4, 0.5) is 0 Å². The van der Waals surface area contributed by atoms with Gasteiger partial charge < -0.3 is 14.9 Å². The number of ether oxygens (including phenoxy) is 1. The highest BCUT2D eigenvalue weighted by atomic mass is 16.5. The third-order valence-corrected chi connectivity index (χ3v) is 4.83. The number of hydrogen-bond acceptors (Lipinski definition) is 5. The maximum Gasteiger partial charge on any atom is 0.305 e. The van der Waals surface area contributed by atoms with Crippen LogP contribution in [0.3, 0.4) is 0 Å². The van der Waals surface area contributed by atoms with Crippen molar-refractivity contribution in [2.75, 3.05) is 7.11 Å². The fraction of sp³-hybridized carbons (Fsp3) is 0.789. The maximum absolute atomic E-state index is 12.1. The van der Waals surface area contributed by atoms with Gasteiger partial charge in [0.25, 0.3) is 0 Å². The average Bonchev–Trinajstić information content (AvgIpc) is 2.84. The van der Waals surface area contributed by atoms with Crippen LogP contribution in [-0.2, 0) is 14.3 Å². The zero-order chi connectivity index (χ0) is 17.9. The molecular formula is C19H32O5. The van der Waals surface area contributed by atoms with Crippen molar-refractivity contribution in [2.45, 2.75) is 76.9 Å². The molecular weight excluding hydrogens is 308 g/mol. The average molecular weight is 340 g/mol. The molecule has 24 heavy (non-hydrogen) atoms. The SMILES string of the molecule is CC[C@@H](O)/C=C/[C@H]1[C@H](O)CC(=O)[C@H]1CCCCCCCC(=O)OC. The van der Waals surface area contributed by atoms with Gasteiger partial charge in [0.15, 0.2) is 0 Å². The van der Waals surface area contributed by atoms with E-state index >= 15 is 0 Å².